The van der Waals surface area contributed by atoms with Crippen molar-refractivity contribution < 1.29 is 18.3 Å². The van der Waals surface area contributed by atoms with E-state index >= 15 is 0 Å². The molecule has 1 aromatic carbocycles. The van der Waals surface area contributed by atoms with Crippen molar-refractivity contribution in [3.8, 4) is 11.5 Å². The molecule has 2 fully saturated rings. The summed E-state index contributed by atoms with van der Waals surface area (Å²) in [7, 11) is 0. The van der Waals surface area contributed by atoms with Gasteiger partial charge in [0, 0.05) is 0 Å². The van der Waals surface area contributed by atoms with Crippen LogP contribution in [-0.4, -0.2) is 13.2 Å². The van der Waals surface area contributed by atoms with Crippen molar-refractivity contribution >= 4 is 0 Å². The number of halogens is 2. The number of unbranched alkanes of at least 4 members (excludes halogenated alkanes) is 2. The predicted octanol–water partition coefficient (Wildman–Crippen LogP) is 8.72. The highest BCUT2D eigenvalue weighted by atomic mass is 19.2. The molecule has 0 radical (unpaired) electrons. The third-order valence-electron chi connectivity index (χ3n) is 7.99. The molecule has 0 aromatic heterocycles. The molecule has 0 aliphatic heterocycles. The summed E-state index contributed by atoms with van der Waals surface area (Å²) in [6, 6.07) is 2.91. The zero-order valence-corrected chi connectivity index (χ0v) is 20.4. The Morgan fingerprint density at radius 2 is 1.19 bits per heavy atom. The van der Waals surface area contributed by atoms with Crippen molar-refractivity contribution in [2.75, 3.05) is 13.2 Å². The van der Waals surface area contributed by atoms with Crippen LogP contribution in [0, 0.1) is 35.3 Å². The van der Waals surface area contributed by atoms with E-state index < -0.39 is 11.6 Å². The molecule has 2 aliphatic carbocycles. The van der Waals surface area contributed by atoms with E-state index in [1.165, 1.54) is 89.2 Å². The van der Waals surface area contributed by atoms with Gasteiger partial charge >= 0.3 is 0 Å². The summed E-state index contributed by atoms with van der Waals surface area (Å²) in [5.74, 6) is 1.71. The topological polar surface area (TPSA) is 18.5 Å². The van der Waals surface area contributed by atoms with Gasteiger partial charge in [0.1, 0.15) is 0 Å². The molecule has 3 rings (SSSR count). The lowest BCUT2D eigenvalue weighted by molar-refractivity contribution is 0.137. The van der Waals surface area contributed by atoms with Gasteiger partial charge in [0.25, 0.3) is 0 Å². The van der Waals surface area contributed by atoms with Gasteiger partial charge in [-0.05, 0) is 81.3 Å². The third-order valence-corrected chi connectivity index (χ3v) is 7.99. The lowest BCUT2D eigenvalue weighted by Gasteiger charge is -2.38. The molecule has 1 aromatic rings. The molecule has 32 heavy (non-hydrogen) atoms. The minimum Gasteiger partial charge on any atom is -0.491 e. The van der Waals surface area contributed by atoms with E-state index in [0.717, 1.165) is 36.5 Å². The van der Waals surface area contributed by atoms with Crippen LogP contribution >= 0.6 is 0 Å². The molecule has 0 spiro atoms. The van der Waals surface area contributed by atoms with Crippen LogP contribution in [0.25, 0.3) is 0 Å². The average molecular weight is 451 g/mol. The number of rotatable bonds is 12. The zero-order valence-electron chi connectivity index (χ0n) is 20.4. The minimum absolute atomic E-state index is 0.0139. The first-order valence-electron chi connectivity index (χ1n) is 13.4. The van der Waals surface area contributed by atoms with E-state index in [1.807, 2.05) is 0 Å². The maximum atomic E-state index is 14.1. The van der Waals surface area contributed by atoms with Gasteiger partial charge in [0.05, 0.1) is 13.2 Å². The number of ether oxygens (including phenoxy) is 2. The van der Waals surface area contributed by atoms with Gasteiger partial charge in [-0.2, -0.15) is 8.78 Å². The minimum atomic E-state index is -0.960. The van der Waals surface area contributed by atoms with Gasteiger partial charge in [-0.3, -0.25) is 0 Å². The smallest absolute Gasteiger partial charge is 0.204 e. The van der Waals surface area contributed by atoms with E-state index in [9.17, 15) is 8.78 Å². The monoisotopic (exact) mass is 450 g/mol. The Balaban J connectivity index is 1.30. The standard InChI is InChI=1S/C28H44F2O2/c1-3-5-6-8-21-10-14-23(15-11-21)24-16-12-22(13-17-24)9-7-20-32-26-19-18-25(31-4-2)27(29)28(26)30/h18-19,21-24H,3-17,20H2,1-2H3/t21-,22?,23-,24?. The Morgan fingerprint density at radius 1 is 0.688 bits per heavy atom. The molecule has 0 amide bonds. The predicted molar refractivity (Wildman–Crippen MR) is 127 cm³/mol. The fourth-order valence-electron chi connectivity index (χ4n) is 6.03. The number of hydrogen-bond donors (Lipinski definition) is 0. The summed E-state index contributed by atoms with van der Waals surface area (Å²) >= 11 is 0. The maximum absolute atomic E-state index is 14.1. The molecular weight excluding hydrogens is 406 g/mol. The fourth-order valence-corrected chi connectivity index (χ4v) is 6.03. The molecule has 4 heteroatoms. The average Bonchev–Trinajstić information content (AvgIpc) is 2.82. The van der Waals surface area contributed by atoms with Gasteiger partial charge in [-0.15, -0.1) is 0 Å². The first-order chi connectivity index (χ1) is 15.6. The quantitative estimate of drug-likeness (QED) is 0.296. The van der Waals surface area contributed by atoms with Crippen LogP contribution in [0.4, 0.5) is 8.78 Å². The summed E-state index contributed by atoms with van der Waals surface area (Å²) in [5, 5.41) is 0. The van der Waals surface area contributed by atoms with Crippen LogP contribution in [0.2, 0.25) is 0 Å². The Morgan fingerprint density at radius 3 is 1.69 bits per heavy atom. The summed E-state index contributed by atoms with van der Waals surface area (Å²) in [6.07, 6.45) is 18.9. The molecule has 182 valence electrons. The van der Waals surface area contributed by atoms with Crippen LogP contribution < -0.4 is 9.47 Å². The Hall–Kier alpha value is -1.32. The number of hydrogen-bond acceptors (Lipinski definition) is 2. The van der Waals surface area contributed by atoms with Crippen molar-refractivity contribution in [2.45, 2.75) is 104 Å². The van der Waals surface area contributed by atoms with E-state index in [2.05, 4.69) is 6.92 Å². The highest BCUT2D eigenvalue weighted by Gasteiger charge is 2.30. The van der Waals surface area contributed by atoms with Crippen molar-refractivity contribution in [3.63, 3.8) is 0 Å². The summed E-state index contributed by atoms with van der Waals surface area (Å²) < 4.78 is 38.7. The van der Waals surface area contributed by atoms with Crippen LogP contribution in [0.3, 0.4) is 0 Å². The van der Waals surface area contributed by atoms with Gasteiger partial charge in [0.15, 0.2) is 11.5 Å². The van der Waals surface area contributed by atoms with Crippen molar-refractivity contribution in [1.29, 1.82) is 0 Å². The number of benzene rings is 1. The van der Waals surface area contributed by atoms with Gasteiger partial charge in [-0.1, -0.05) is 58.3 Å². The van der Waals surface area contributed by atoms with Gasteiger partial charge in [0.2, 0.25) is 11.6 Å². The van der Waals surface area contributed by atoms with E-state index in [-0.39, 0.29) is 11.5 Å². The van der Waals surface area contributed by atoms with E-state index in [1.54, 1.807) is 6.92 Å². The zero-order chi connectivity index (χ0) is 22.8. The second kappa shape index (κ2) is 13.4. The molecule has 0 unspecified atom stereocenters. The molecular formula is C28H44F2O2. The highest BCUT2D eigenvalue weighted by molar-refractivity contribution is 5.35. The molecule has 2 saturated carbocycles. The van der Waals surface area contributed by atoms with Crippen molar-refractivity contribution in [3.05, 3.63) is 23.8 Å². The SMILES string of the molecule is CCCCC[C@H]1CC[C@H](C2CCC(CCCOc3ccc(OCC)c(F)c3F)CC2)CC1. The fraction of sp³-hybridized carbons (Fsp3) is 0.786. The van der Waals surface area contributed by atoms with E-state index in [4.69, 9.17) is 9.47 Å². The normalized spacial score (nSPS) is 26.1. The van der Waals surface area contributed by atoms with Crippen LogP contribution in [0.15, 0.2) is 12.1 Å². The summed E-state index contributed by atoms with van der Waals surface area (Å²) in [5.41, 5.74) is 0. The first kappa shape index (κ1) is 25.3. The summed E-state index contributed by atoms with van der Waals surface area (Å²) in [4.78, 5) is 0. The largest absolute Gasteiger partial charge is 0.491 e. The highest BCUT2D eigenvalue weighted by Crippen LogP contribution is 2.43. The van der Waals surface area contributed by atoms with Crippen LogP contribution in [0.5, 0.6) is 11.5 Å². The lowest BCUT2D eigenvalue weighted by atomic mass is 9.68. The Labute approximate surface area is 194 Å². The summed E-state index contributed by atoms with van der Waals surface area (Å²) in [6.45, 7) is 4.78. The van der Waals surface area contributed by atoms with Crippen molar-refractivity contribution in [2.24, 2.45) is 23.7 Å². The molecule has 0 N–H and O–H groups in total. The molecule has 0 heterocycles. The lowest BCUT2D eigenvalue weighted by Crippen LogP contribution is -2.26. The Bertz CT molecular complexity index is 662. The molecule has 0 saturated heterocycles. The molecule has 2 aliphatic rings. The van der Waals surface area contributed by atoms with Crippen molar-refractivity contribution in [1.82, 2.24) is 0 Å². The molecule has 2 nitrogen and oxygen atoms in total. The van der Waals surface area contributed by atoms with Crippen LogP contribution in [0.1, 0.15) is 104 Å². The van der Waals surface area contributed by atoms with E-state index in [0.29, 0.717) is 13.2 Å². The van der Waals surface area contributed by atoms with Gasteiger partial charge in [-0.25, -0.2) is 0 Å². The Kier molecular flexibility index (Phi) is 10.6. The maximum Gasteiger partial charge on any atom is 0.204 e. The molecule has 0 atom stereocenters. The second-order valence-corrected chi connectivity index (χ2v) is 10.2. The van der Waals surface area contributed by atoms with Gasteiger partial charge < -0.3 is 9.47 Å². The van der Waals surface area contributed by atoms with Crippen LogP contribution in [-0.2, 0) is 0 Å². The second-order valence-electron chi connectivity index (χ2n) is 10.2. The first-order valence-corrected chi connectivity index (χ1v) is 13.4. The molecule has 0 bridgehead atoms. The third kappa shape index (κ3) is 7.35.